The third-order valence-corrected chi connectivity index (χ3v) is 4.53. The molecule has 0 aliphatic heterocycles. The monoisotopic (exact) mass is 373 g/mol. The lowest BCUT2D eigenvalue weighted by atomic mass is 10.3. The summed E-state index contributed by atoms with van der Waals surface area (Å²) in [6, 6.07) is 6.97. The fourth-order valence-electron chi connectivity index (χ4n) is 1.65. The molecule has 0 spiro atoms. The van der Waals surface area contributed by atoms with Crippen LogP contribution in [0.3, 0.4) is 0 Å². The molecule has 0 amide bonds. The van der Waals surface area contributed by atoms with Crippen molar-refractivity contribution >= 4 is 31.6 Å². The summed E-state index contributed by atoms with van der Waals surface area (Å²) >= 11 is 3.00. The Labute approximate surface area is 130 Å². The van der Waals surface area contributed by atoms with Gasteiger partial charge in [0.05, 0.1) is 10.2 Å². The van der Waals surface area contributed by atoms with E-state index >= 15 is 0 Å². The van der Waals surface area contributed by atoms with E-state index in [2.05, 4.69) is 31.0 Å². The second-order valence-electron chi connectivity index (χ2n) is 4.27. The van der Waals surface area contributed by atoms with Crippen molar-refractivity contribution < 1.29 is 12.8 Å². The van der Waals surface area contributed by atoms with Crippen LogP contribution in [0.15, 0.2) is 46.0 Å². The molecule has 112 valence electrons. The van der Waals surface area contributed by atoms with Gasteiger partial charge >= 0.3 is 0 Å². The normalized spacial score (nSPS) is 11.4. The fourth-order valence-corrected chi connectivity index (χ4v) is 3.00. The largest absolute Gasteiger partial charge is 0.316 e. The molecule has 0 saturated heterocycles. The Bertz CT molecular complexity index is 736. The molecule has 0 aliphatic rings. The second kappa shape index (κ2) is 6.50. The Morgan fingerprint density at radius 2 is 2.05 bits per heavy atom. The lowest BCUT2D eigenvalue weighted by Gasteiger charge is -2.08. The van der Waals surface area contributed by atoms with E-state index in [1.54, 1.807) is 13.1 Å². The summed E-state index contributed by atoms with van der Waals surface area (Å²) in [5.41, 5.74) is 1.13. The van der Waals surface area contributed by atoms with Gasteiger partial charge in [-0.2, -0.15) is 8.42 Å². The minimum atomic E-state index is -3.80. The van der Waals surface area contributed by atoms with Crippen LogP contribution in [0.1, 0.15) is 5.56 Å². The van der Waals surface area contributed by atoms with Gasteiger partial charge in [-0.1, -0.05) is 6.07 Å². The Balaban J connectivity index is 2.23. The highest BCUT2D eigenvalue weighted by Gasteiger charge is 2.16. The van der Waals surface area contributed by atoms with Crippen LogP contribution in [0.25, 0.3) is 0 Å². The van der Waals surface area contributed by atoms with Gasteiger partial charge in [-0.15, -0.1) is 0 Å². The number of benzene rings is 1. The molecule has 0 bridgehead atoms. The number of pyridine rings is 1. The van der Waals surface area contributed by atoms with E-state index in [4.69, 9.17) is 0 Å². The summed E-state index contributed by atoms with van der Waals surface area (Å²) in [4.78, 5) is 3.93. The number of rotatable bonds is 5. The number of hydrogen-bond donors (Lipinski definition) is 2. The average Bonchev–Trinajstić information content (AvgIpc) is 2.44. The summed E-state index contributed by atoms with van der Waals surface area (Å²) in [6.07, 6.45) is 1.49. The minimum Gasteiger partial charge on any atom is -0.316 e. The first kappa shape index (κ1) is 15.9. The van der Waals surface area contributed by atoms with Gasteiger partial charge in [0.2, 0.25) is 0 Å². The third kappa shape index (κ3) is 3.99. The van der Waals surface area contributed by atoms with Gasteiger partial charge < -0.3 is 5.32 Å². The van der Waals surface area contributed by atoms with Gasteiger partial charge in [0.1, 0.15) is 5.82 Å². The van der Waals surface area contributed by atoms with Crippen molar-refractivity contribution in [1.29, 1.82) is 0 Å². The Kier molecular flexibility index (Phi) is 4.92. The maximum Gasteiger partial charge on any atom is 0.279 e. The molecule has 5 nitrogen and oxygen atoms in total. The predicted molar refractivity (Wildman–Crippen MR) is 81.9 cm³/mol. The Hall–Kier alpha value is -1.51. The molecule has 0 radical (unpaired) electrons. The third-order valence-electron chi connectivity index (χ3n) is 2.63. The van der Waals surface area contributed by atoms with Gasteiger partial charge in [0, 0.05) is 12.7 Å². The number of nitrogens with zero attached hydrogens (tertiary/aromatic N) is 1. The molecule has 1 aromatic carbocycles. The van der Waals surface area contributed by atoms with Crippen molar-refractivity contribution in [2.24, 2.45) is 0 Å². The molecule has 1 aromatic heterocycles. The first-order valence-electron chi connectivity index (χ1n) is 6.00. The smallest absolute Gasteiger partial charge is 0.279 e. The summed E-state index contributed by atoms with van der Waals surface area (Å²) < 4.78 is 40.0. The van der Waals surface area contributed by atoms with E-state index in [0.29, 0.717) is 6.54 Å². The number of nitrogens with one attached hydrogen (secondary N) is 2. The Morgan fingerprint density at radius 3 is 2.62 bits per heavy atom. The maximum absolute atomic E-state index is 13.1. The van der Waals surface area contributed by atoms with Crippen LogP contribution in [0.5, 0.6) is 0 Å². The number of sulfonamides is 1. The van der Waals surface area contributed by atoms with Gasteiger partial charge in [-0.25, -0.2) is 9.37 Å². The molecule has 2 rings (SSSR count). The van der Waals surface area contributed by atoms with E-state index < -0.39 is 15.8 Å². The molecular weight excluding hydrogens is 361 g/mol. The lowest BCUT2D eigenvalue weighted by Crippen LogP contribution is -2.15. The van der Waals surface area contributed by atoms with Crippen LogP contribution in [-0.4, -0.2) is 20.4 Å². The molecule has 0 unspecified atom stereocenters. The van der Waals surface area contributed by atoms with Crippen LogP contribution >= 0.6 is 15.9 Å². The van der Waals surface area contributed by atoms with Crippen LogP contribution < -0.4 is 10.0 Å². The zero-order valence-corrected chi connectivity index (χ0v) is 13.5. The fraction of sp³-hybridized carbons (Fsp3) is 0.154. The minimum absolute atomic E-state index is 0.0946. The highest BCUT2D eigenvalue weighted by atomic mass is 79.9. The first-order valence-corrected chi connectivity index (χ1v) is 8.27. The van der Waals surface area contributed by atoms with E-state index in [-0.39, 0.29) is 15.2 Å². The molecule has 0 aliphatic carbocycles. The summed E-state index contributed by atoms with van der Waals surface area (Å²) in [5, 5.41) is 2.85. The van der Waals surface area contributed by atoms with E-state index in [1.165, 1.54) is 30.5 Å². The molecule has 21 heavy (non-hydrogen) atoms. The van der Waals surface area contributed by atoms with Crippen LogP contribution in [0, 0.1) is 5.82 Å². The van der Waals surface area contributed by atoms with Crippen molar-refractivity contribution in [3.63, 3.8) is 0 Å². The summed E-state index contributed by atoms with van der Waals surface area (Å²) in [6.45, 7) is 0.603. The van der Waals surface area contributed by atoms with Crippen molar-refractivity contribution in [2.75, 3.05) is 11.8 Å². The second-order valence-corrected chi connectivity index (χ2v) is 6.75. The Morgan fingerprint density at radius 1 is 1.29 bits per heavy atom. The van der Waals surface area contributed by atoms with Crippen molar-refractivity contribution in [3.8, 4) is 0 Å². The van der Waals surface area contributed by atoms with Crippen LogP contribution in [-0.2, 0) is 16.6 Å². The topological polar surface area (TPSA) is 71.1 Å². The highest BCUT2D eigenvalue weighted by Crippen LogP contribution is 2.22. The van der Waals surface area contributed by atoms with Crippen molar-refractivity contribution in [2.45, 2.75) is 11.6 Å². The number of hydrogen-bond acceptors (Lipinski definition) is 4. The lowest BCUT2D eigenvalue weighted by molar-refractivity contribution is 0.597. The van der Waals surface area contributed by atoms with Crippen molar-refractivity contribution in [3.05, 3.63) is 52.4 Å². The highest BCUT2D eigenvalue weighted by molar-refractivity contribution is 9.10. The number of anilines is 1. The molecule has 0 saturated carbocycles. The SMILES string of the molecule is CNCc1ccc(S(=O)(=O)Nc2ccc(F)c(Br)c2)nc1. The van der Waals surface area contributed by atoms with Gasteiger partial charge in [0.15, 0.2) is 5.03 Å². The first-order chi connectivity index (χ1) is 9.92. The van der Waals surface area contributed by atoms with E-state index in [1.807, 2.05) is 0 Å². The maximum atomic E-state index is 13.1. The average molecular weight is 374 g/mol. The molecule has 0 atom stereocenters. The standard InChI is InChI=1S/C13H13BrFN3O2S/c1-16-7-9-2-5-13(17-8-9)21(19,20)18-10-3-4-12(15)11(14)6-10/h2-6,8,16,18H,7H2,1H3. The number of aromatic nitrogens is 1. The quantitative estimate of drug-likeness (QED) is 0.844. The predicted octanol–water partition coefficient (Wildman–Crippen LogP) is 2.50. The molecule has 2 N–H and O–H groups in total. The van der Waals surface area contributed by atoms with E-state index in [0.717, 1.165) is 5.56 Å². The molecular formula is C13H13BrFN3O2S. The zero-order chi connectivity index (χ0) is 15.5. The van der Waals surface area contributed by atoms with E-state index in [9.17, 15) is 12.8 Å². The van der Waals surface area contributed by atoms with Crippen LogP contribution in [0.4, 0.5) is 10.1 Å². The summed E-state index contributed by atoms with van der Waals surface area (Å²) in [7, 11) is -2.01. The van der Waals surface area contributed by atoms with Gasteiger partial charge in [-0.3, -0.25) is 4.72 Å². The molecule has 8 heteroatoms. The van der Waals surface area contributed by atoms with Crippen molar-refractivity contribution in [1.82, 2.24) is 10.3 Å². The van der Waals surface area contributed by atoms with Crippen LogP contribution in [0.2, 0.25) is 0 Å². The van der Waals surface area contributed by atoms with Gasteiger partial charge in [-0.05, 0) is 52.8 Å². The molecule has 2 aromatic rings. The molecule has 0 fully saturated rings. The molecule has 1 heterocycles. The summed E-state index contributed by atoms with van der Waals surface area (Å²) in [5.74, 6) is -0.465. The zero-order valence-electron chi connectivity index (χ0n) is 11.1. The van der Waals surface area contributed by atoms with Gasteiger partial charge in [0.25, 0.3) is 10.0 Å². The number of halogens is 2.